The average Bonchev–Trinajstić information content (AvgIpc) is 3.47. The van der Waals surface area contributed by atoms with Crippen molar-refractivity contribution < 1.29 is 9.18 Å². The lowest BCUT2D eigenvalue weighted by Crippen LogP contribution is -2.27. The number of aromatic nitrogens is 4. The second-order valence-electron chi connectivity index (χ2n) is 7.51. The average molecular weight is 468 g/mol. The zero-order valence-electron chi connectivity index (χ0n) is 17.3. The first kappa shape index (κ1) is 20.5. The molecule has 1 aromatic carbocycles. The van der Waals surface area contributed by atoms with Crippen molar-refractivity contribution in [2.45, 2.75) is 20.0 Å². The summed E-state index contributed by atoms with van der Waals surface area (Å²) in [6.07, 6.45) is 0. The second-order valence-corrected chi connectivity index (χ2v) is 9.45. The van der Waals surface area contributed by atoms with Gasteiger partial charge < -0.3 is 9.88 Å². The van der Waals surface area contributed by atoms with Crippen LogP contribution in [0.5, 0.6) is 0 Å². The van der Waals surface area contributed by atoms with Gasteiger partial charge in [-0.15, -0.1) is 22.7 Å². The Kier molecular flexibility index (Phi) is 5.10. The fourth-order valence-corrected chi connectivity index (χ4v) is 5.45. The standard InChI is InChI=1S/C22H18FN5O2S2/c1-12-15-9-17(32-22(15)28(26-12)10-13-3-5-14(23)6-4-13)21(30)27(2)11-18-24-16-7-8-31-19(16)20(29)25-18/h3-9H,10-11H2,1-2H3,(H,24,25,29). The number of carbonyl (C=O) groups excluding carboxylic acids is 1. The summed E-state index contributed by atoms with van der Waals surface area (Å²) in [6, 6.07) is 9.94. The van der Waals surface area contributed by atoms with Crippen LogP contribution < -0.4 is 5.56 Å². The summed E-state index contributed by atoms with van der Waals surface area (Å²) in [5.41, 5.74) is 2.19. The Hall–Kier alpha value is -3.37. The molecule has 0 spiro atoms. The highest BCUT2D eigenvalue weighted by Crippen LogP contribution is 2.30. The largest absolute Gasteiger partial charge is 0.334 e. The van der Waals surface area contributed by atoms with Gasteiger partial charge in [-0.3, -0.25) is 14.3 Å². The first-order valence-electron chi connectivity index (χ1n) is 9.82. The minimum atomic E-state index is -0.281. The van der Waals surface area contributed by atoms with E-state index in [4.69, 9.17) is 0 Å². The molecule has 7 nitrogen and oxygen atoms in total. The normalized spacial score (nSPS) is 11.5. The Balaban J connectivity index is 1.40. The molecule has 0 aliphatic carbocycles. The molecular weight excluding hydrogens is 449 g/mol. The second kappa shape index (κ2) is 7.95. The first-order valence-corrected chi connectivity index (χ1v) is 11.5. The lowest BCUT2D eigenvalue weighted by molar-refractivity contribution is 0.0786. The summed E-state index contributed by atoms with van der Waals surface area (Å²) in [7, 11) is 1.68. The van der Waals surface area contributed by atoms with Gasteiger partial charge in [-0.2, -0.15) is 5.10 Å². The summed E-state index contributed by atoms with van der Waals surface area (Å²) < 4.78 is 15.6. The molecule has 0 aliphatic rings. The van der Waals surface area contributed by atoms with Crippen LogP contribution in [0, 0.1) is 12.7 Å². The third-order valence-corrected chi connectivity index (χ3v) is 7.20. The van der Waals surface area contributed by atoms with Crippen LogP contribution in [0.2, 0.25) is 0 Å². The summed E-state index contributed by atoms with van der Waals surface area (Å²) in [5.74, 6) is 0.0000853. The van der Waals surface area contributed by atoms with Crippen molar-refractivity contribution in [3.63, 3.8) is 0 Å². The number of hydrogen-bond acceptors (Lipinski definition) is 6. The predicted molar refractivity (Wildman–Crippen MR) is 124 cm³/mol. The van der Waals surface area contributed by atoms with Gasteiger partial charge in [0.25, 0.3) is 11.5 Å². The molecule has 0 unspecified atom stereocenters. The Morgan fingerprint density at radius 1 is 1.25 bits per heavy atom. The zero-order chi connectivity index (χ0) is 22.4. The van der Waals surface area contributed by atoms with Crippen LogP contribution in [0.15, 0.2) is 46.6 Å². The summed E-state index contributed by atoms with van der Waals surface area (Å²) in [6.45, 7) is 2.58. The number of H-pyrrole nitrogens is 1. The minimum absolute atomic E-state index is 0.160. The van der Waals surface area contributed by atoms with Crippen LogP contribution >= 0.6 is 22.7 Å². The van der Waals surface area contributed by atoms with Crippen molar-refractivity contribution in [1.82, 2.24) is 24.6 Å². The molecule has 5 rings (SSSR count). The van der Waals surface area contributed by atoms with E-state index in [1.165, 1.54) is 39.7 Å². The van der Waals surface area contributed by atoms with E-state index in [2.05, 4.69) is 15.1 Å². The SMILES string of the molecule is Cc1nn(Cc2ccc(F)cc2)c2sc(C(=O)N(C)Cc3nc4ccsc4c(=O)[nH]3)cc12. The number of benzene rings is 1. The molecule has 0 radical (unpaired) electrons. The fourth-order valence-electron chi connectivity index (χ4n) is 3.57. The van der Waals surface area contributed by atoms with E-state index in [1.807, 2.05) is 23.1 Å². The maximum Gasteiger partial charge on any atom is 0.268 e. The number of thiophene rings is 2. The number of rotatable bonds is 5. The molecule has 1 amide bonds. The van der Waals surface area contributed by atoms with Gasteiger partial charge in [-0.25, -0.2) is 9.37 Å². The molecule has 1 N–H and O–H groups in total. The van der Waals surface area contributed by atoms with E-state index >= 15 is 0 Å². The van der Waals surface area contributed by atoms with Crippen LogP contribution in [0.4, 0.5) is 4.39 Å². The quantitative estimate of drug-likeness (QED) is 0.421. The van der Waals surface area contributed by atoms with Gasteiger partial charge in [0.2, 0.25) is 0 Å². The van der Waals surface area contributed by atoms with Gasteiger partial charge in [0.15, 0.2) is 0 Å². The van der Waals surface area contributed by atoms with Gasteiger partial charge in [0.1, 0.15) is 21.2 Å². The molecular formula is C22H18FN5O2S2. The maximum atomic E-state index is 13.2. The van der Waals surface area contributed by atoms with Gasteiger partial charge in [0, 0.05) is 12.4 Å². The number of aryl methyl sites for hydroxylation is 1. The van der Waals surface area contributed by atoms with E-state index in [0.29, 0.717) is 27.5 Å². The van der Waals surface area contributed by atoms with E-state index in [1.54, 1.807) is 25.2 Å². The number of nitrogens with one attached hydrogen (secondary N) is 1. The van der Waals surface area contributed by atoms with Crippen molar-refractivity contribution in [3.8, 4) is 0 Å². The van der Waals surface area contributed by atoms with Crippen LogP contribution in [-0.4, -0.2) is 37.6 Å². The molecule has 0 fully saturated rings. The highest BCUT2D eigenvalue weighted by molar-refractivity contribution is 7.20. The molecule has 5 aromatic rings. The van der Waals surface area contributed by atoms with E-state index in [9.17, 15) is 14.0 Å². The summed E-state index contributed by atoms with van der Waals surface area (Å²) >= 11 is 2.71. The molecule has 10 heteroatoms. The van der Waals surface area contributed by atoms with Gasteiger partial charge in [0.05, 0.1) is 29.2 Å². The van der Waals surface area contributed by atoms with Gasteiger partial charge in [-0.1, -0.05) is 12.1 Å². The number of hydrogen-bond donors (Lipinski definition) is 1. The third-order valence-electron chi connectivity index (χ3n) is 5.16. The molecule has 32 heavy (non-hydrogen) atoms. The van der Waals surface area contributed by atoms with Crippen molar-refractivity contribution in [2.75, 3.05) is 7.05 Å². The molecule has 0 atom stereocenters. The van der Waals surface area contributed by atoms with Crippen molar-refractivity contribution in [3.05, 3.63) is 79.9 Å². The van der Waals surface area contributed by atoms with Crippen molar-refractivity contribution in [2.24, 2.45) is 0 Å². The molecule has 162 valence electrons. The van der Waals surface area contributed by atoms with Gasteiger partial charge >= 0.3 is 0 Å². The number of aromatic amines is 1. The molecule has 0 saturated carbocycles. The van der Waals surface area contributed by atoms with Crippen LogP contribution in [0.1, 0.15) is 26.8 Å². The monoisotopic (exact) mass is 467 g/mol. The highest BCUT2D eigenvalue weighted by Gasteiger charge is 2.20. The number of halogens is 1. The molecule has 0 aliphatic heterocycles. The van der Waals surface area contributed by atoms with Crippen molar-refractivity contribution in [1.29, 1.82) is 0 Å². The van der Waals surface area contributed by atoms with Crippen LogP contribution in [0.3, 0.4) is 0 Å². The number of carbonyl (C=O) groups is 1. The van der Waals surface area contributed by atoms with E-state index in [-0.39, 0.29) is 23.8 Å². The Morgan fingerprint density at radius 3 is 2.81 bits per heavy atom. The predicted octanol–water partition coefficient (Wildman–Crippen LogP) is 4.16. The Bertz CT molecular complexity index is 1510. The Labute approximate surface area is 189 Å². The van der Waals surface area contributed by atoms with Crippen molar-refractivity contribution >= 4 is 49.0 Å². The number of nitrogens with zero attached hydrogens (tertiary/aromatic N) is 4. The third kappa shape index (κ3) is 3.71. The lowest BCUT2D eigenvalue weighted by atomic mass is 10.2. The topological polar surface area (TPSA) is 83.9 Å². The molecule has 0 saturated heterocycles. The highest BCUT2D eigenvalue weighted by atomic mass is 32.1. The maximum absolute atomic E-state index is 13.2. The molecule has 4 heterocycles. The smallest absolute Gasteiger partial charge is 0.268 e. The number of amides is 1. The van der Waals surface area contributed by atoms with E-state index in [0.717, 1.165) is 21.5 Å². The summed E-state index contributed by atoms with van der Waals surface area (Å²) in [4.78, 5) is 35.5. The van der Waals surface area contributed by atoms with Crippen LogP contribution in [-0.2, 0) is 13.1 Å². The summed E-state index contributed by atoms with van der Waals surface area (Å²) in [5, 5.41) is 7.31. The minimum Gasteiger partial charge on any atom is -0.334 e. The first-order chi connectivity index (χ1) is 15.4. The Morgan fingerprint density at radius 2 is 2.03 bits per heavy atom. The molecule has 4 aromatic heterocycles. The fraction of sp³-hybridized carbons (Fsp3) is 0.182. The number of fused-ring (bicyclic) bond motifs is 2. The van der Waals surface area contributed by atoms with E-state index < -0.39 is 0 Å². The zero-order valence-corrected chi connectivity index (χ0v) is 18.9. The lowest BCUT2D eigenvalue weighted by Gasteiger charge is -2.15. The van der Waals surface area contributed by atoms with Gasteiger partial charge in [-0.05, 0) is 42.1 Å². The van der Waals surface area contributed by atoms with Crippen LogP contribution in [0.25, 0.3) is 20.4 Å². The molecule has 0 bridgehead atoms.